The minimum Gasteiger partial charge on any atom is -0.382 e. The van der Waals surface area contributed by atoms with Crippen molar-refractivity contribution in [3.8, 4) is 0 Å². The Morgan fingerprint density at radius 3 is 2.27 bits per heavy atom. The molecule has 0 radical (unpaired) electrons. The molecule has 1 unspecified atom stereocenters. The first-order valence-electron chi connectivity index (χ1n) is 3.25. The van der Waals surface area contributed by atoms with Gasteiger partial charge in [0.25, 0.3) is 0 Å². The maximum absolute atomic E-state index is 8.98. The minimum absolute atomic E-state index is 0.441. The first kappa shape index (κ1) is 9.23. The zero-order chi connectivity index (χ0) is 8.27. The fourth-order valence-electron chi connectivity index (χ4n) is 0.815. The number of hydrogen-bond donors (Lipinski definition) is 1. The van der Waals surface area contributed by atoms with E-state index < -0.39 is 5.01 Å². The highest BCUT2D eigenvalue weighted by atomic mass is 79.9. The molecule has 1 rings (SSSR count). The molecule has 0 aromatic heterocycles. The Labute approximate surface area is 82.7 Å². The van der Waals surface area contributed by atoms with Gasteiger partial charge in [-0.25, -0.2) is 0 Å². The molecule has 60 valence electrons. The van der Waals surface area contributed by atoms with Crippen LogP contribution in [0.4, 0.5) is 0 Å². The third-order valence-corrected chi connectivity index (χ3v) is 2.17. The lowest BCUT2D eigenvalue weighted by Crippen LogP contribution is -1.99. The van der Waals surface area contributed by atoms with E-state index in [-0.39, 0.29) is 0 Å². The van der Waals surface area contributed by atoms with E-state index >= 15 is 0 Å². The predicted octanol–water partition coefficient (Wildman–Crippen LogP) is 2.70. The smallest absolute Gasteiger partial charge is 0.113 e. The first-order chi connectivity index (χ1) is 5.18. The van der Waals surface area contributed by atoms with E-state index in [9.17, 15) is 0 Å². The quantitative estimate of drug-likeness (QED) is 0.826. The zero-order valence-corrected chi connectivity index (χ0v) is 8.97. The summed E-state index contributed by atoms with van der Waals surface area (Å²) in [6.45, 7) is 0. The van der Waals surface area contributed by atoms with E-state index in [0.29, 0.717) is 6.42 Å². The van der Waals surface area contributed by atoms with Crippen LogP contribution in [0.15, 0.2) is 28.7 Å². The molecule has 1 N–H and O–H groups in total. The second kappa shape index (κ2) is 4.24. The Bertz CT molecular complexity index is 218. The van der Waals surface area contributed by atoms with Crippen LogP contribution in [0.2, 0.25) is 0 Å². The van der Waals surface area contributed by atoms with Crippen molar-refractivity contribution in [2.75, 3.05) is 0 Å². The second-order valence-electron chi connectivity index (χ2n) is 2.27. The summed E-state index contributed by atoms with van der Waals surface area (Å²) in [7, 11) is 0. The number of rotatable bonds is 2. The standard InChI is InChI=1S/C8H8Br2O/c9-7-3-1-6(2-4-7)5-8(10)11/h1-4,8,11H,5H2. The van der Waals surface area contributed by atoms with Gasteiger partial charge >= 0.3 is 0 Å². The Morgan fingerprint density at radius 1 is 1.27 bits per heavy atom. The molecule has 0 amide bonds. The maximum atomic E-state index is 8.98. The molecule has 0 aliphatic rings. The van der Waals surface area contributed by atoms with Crippen molar-refractivity contribution in [3.63, 3.8) is 0 Å². The van der Waals surface area contributed by atoms with Crippen molar-refractivity contribution in [2.45, 2.75) is 11.4 Å². The number of alkyl halides is 1. The average Bonchev–Trinajstić information content (AvgIpc) is 1.93. The SMILES string of the molecule is OC(Br)Cc1ccc(Br)cc1. The van der Waals surface area contributed by atoms with Crippen LogP contribution in [-0.2, 0) is 6.42 Å². The summed E-state index contributed by atoms with van der Waals surface area (Å²) >= 11 is 6.41. The number of benzene rings is 1. The summed E-state index contributed by atoms with van der Waals surface area (Å²) in [6.07, 6.45) is 0.646. The average molecular weight is 280 g/mol. The van der Waals surface area contributed by atoms with Gasteiger partial charge < -0.3 is 5.11 Å². The van der Waals surface area contributed by atoms with E-state index in [2.05, 4.69) is 31.9 Å². The molecule has 0 heterocycles. The summed E-state index contributed by atoms with van der Waals surface area (Å²) in [5.41, 5.74) is 1.12. The van der Waals surface area contributed by atoms with Crippen molar-refractivity contribution in [1.29, 1.82) is 0 Å². The molecule has 1 aromatic rings. The number of aliphatic hydroxyl groups excluding tert-OH is 1. The molecule has 0 bridgehead atoms. The molecule has 3 heteroatoms. The molecular formula is C8H8Br2O. The summed E-state index contributed by atoms with van der Waals surface area (Å²) in [5, 5.41) is 8.54. The fraction of sp³-hybridized carbons (Fsp3) is 0.250. The van der Waals surface area contributed by atoms with Crippen molar-refractivity contribution in [2.24, 2.45) is 0 Å². The minimum atomic E-state index is -0.441. The number of hydrogen-bond acceptors (Lipinski definition) is 1. The van der Waals surface area contributed by atoms with Gasteiger partial charge in [-0.05, 0) is 17.7 Å². The van der Waals surface area contributed by atoms with Crippen LogP contribution in [-0.4, -0.2) is 10.1 Å². The second-order valence-corrected chi connectivity index (χ2v) is 4.24. The van der Waals surface area contributed by atoms with E-state index in [1.54, 1.807) is 0 Å². The summed E-state index contributed by atoms with van der Waals surface area (Å²) in [4.78, 5) is 0. The number of halogens is 2. The first-order valence-corrected chi connectivity index (χ1v) is 4.96. The molecule has 0 aliphatic carbocycles. The lowest BCUT2D eigenvalue weighted by Gasteiger charge is -2.01. The Hall–Kier alpha value is 0.140. The lowest BCUT2D eigenvalue weighted by atomic mass is 10.2. The van der Waals surface area contributed by atoms with E-state index in [1.807, 2.05) is 24.3 Å². The van der Waals surface area contributed by atoms with Gasteiger partial charge in [-0.2, -0.15) is 0 Å². The van der Waals surface area contributed by atoms with E-state index in [0.717, 1.165) is 10.0 Å². The van der Waals surface area contributed by atoms with Crippen LogP contribution < -0.4 is 0 Å². The molecule has 11 heavy (non-hydrogen) atoms. The third-order valence-electron chi connectivity index (χ3n) is 1.32. The molecule has 0 saturated carbocycles. The molecule has 0 saturated heterocycles. The highest BCUT2D eigenvalue weighted by Crippen LogP contribution is 2.13. The van der Waals surface area contributed by atoms with Crippen LogP contribution in [0.5, 0.6) is 0 Å². The normalized spacial score (nSPS) is 13.0. The topological polar surface area (TPSA) is 20.2 Å². The zero-order valence-electron chi connectivity index (χ0n) is 5.80. The van der Waals surface area contributed by atoms with E-state index in [1.165, 1.54) is 0 Å². The highest BCUT2D eigenvalue weighted by Gasteiger charge is 1.98. The van der Waals surface area contributed by atoms with Crippen LogP contribution in [0.3, 0.4) is 0 Å². The van der Waals surface area contributed by atoms with Gasteiger partial charge in [-0.1, -0.05) is 44.0 Å². The monoisotopic (exact) mass is 278 g/mol. The van der Waals surface area contributed by atoms with Gasteiger partial charge in [0.1, 0.15) is 5.01 Å². The van der Waals surface area contributed by atoms with Gasteiger partial charge in [0.05, 0.1) is 0 Å². The molecule has 1 aromatic carbocycles. The van der Waals surface area contributed by atoms with Crippen LogP contribution >= 0.6 is 31.9 Å². The van der Waals surface area contributed by atoms with Crippen LogP contribution in [0.25, 0.3) is 0 Å². The maximum Gasteiger partial charge on any atom is 0.113 e. The summed E-state index contributed by atoms with van der Waals surface area (Å²) in [6, 6.07) is 7.89. The summed E-state index contributed by atoms with van der Waals surface area (Å²) in [5.74, 6) is 0. The molecule has 1 atom stereocenters. The van der Waals surface area contributed by atoms with Gasteiger partial charge in [0.2, 0.25) is 0 Å². The largest absolute Gasteiger partial charge is 0.382 e. The van der Waals surface area contributed by atoms with Crippen molar-refractivity contribution >= 4 is 31.9 Å². The van der Waals surface area contributed by atoms with Crippen LogP contribution in [0.1, 0.15) is 5.56 Å². The number of aliphatic hydroxyl groups is 1. The third kappa shape index (κ3) is 3.36. The molecule has 0 aliphatic heterocycles. The van der Waals surface area contributed by atoms with Crippen molar-refractivity contribution in [1.82, 2.24) is 0 Å². The Balaban J connectivity index is 2.66. The van der Waals surface area contributed by atoms with Crippen molar-refractivity contribution in [3.05, 3.63) is 34.3 Å². The Kier molecular flexibility index (Phi) is 3.55. The Morgan fingerprint density at radius 2 is 1.82 bits per heavy atom. The van der Waals surface area contributed by atoms with Gasteiger partial charge in [0.15, 0.2) is 0 Å². The van der Waals surface area contributed by atoms with Crippen LogP contribution in [0, 0.1) is 0 Å². The lowest BCUT2D eigenvalue weighted by molar-refractivity contribution is 0.271. The van der Waals surface area contributed by atoms with Gasteiger partial charge in [0, 0.05) is 10.9 Å². The van der Waals surface area contributed by atoms with Gasteiger partial charge in [-0.3, -0.25) is 0 Å². The van der Waals surface area contributed by atoms with Gasteiger partial charge in [-0.15, -0.1) is 0 Å². The summed E-state index contributed by atoms with van der Waals surface area (Å²) < 4.78 is 1.06. The predicted molar refractivity (Wildman–Crippen MR) is 52.8 cm³/mol. The molecule has 0 fully saturated rings. The molecule has 1 nitrogen and oxygen atoms in total. The van der Waals surface area contributed by atoms with Crippen molar-refractivity contribution < 1.29 is 5.11 Å². The highest BCUT2D eigenvalue weighted by molar-refractivity contribution is 9.10. The molecule has 0 spiro atoms. The van der Waals surface area contributed by atoms with E-state index in [4.69, 9.17) is 5.11 Å². The molecular weight excluding hydrogens is 272 g/mol. The fourth-order valence-corrected chi connectivity index (χ4v) is 1.45.